The number of amides is 1. The third-order valence-electron chi connectivity index (χ3n) is 4.06. The monoisotopic (exact) mass is 300 g/mol. The van der Waals surface area contributed by atoms with Gasteiger partial charge in [0.25, 0.3) is 0 Å². The molecule has 4 N–H and O–H groups in total. The van der Waals surface area contributed by atoms with Crippen molar-refractivity contribution in [2.75, 3.05) is 0 Å². The molecule has 0 radical (unpaired) electrons. The maximum Gasteiger partial charge on any atom is 0.305 e. The van der Waals surface area contributed by atoms with E-state index >= 15 is 0 Å². The van der Waals surface area contributed by atoms with Crippen LogP contribution in [-0.4, -0.2) is 29.1 Å². The van der Waals surface area contributed by atoms with E-state index in [0.29, 0.717) is 18.3 Å². The summed E-state index contributed by atoms with van der Waals surface area (Å²) in [5, 5.41) is 11.9. The molecule has 2 unspecified atom stereocenters. The van der Waals surface area contributed by atoms with Crippen LogP contribution in [-0.2, 0) is 9.59 Å². The molecule has 0 heterocycles. The Labute approximate surface area is 128 Å². The predicted octanol–water partition coefficient (Wildman–Crippen LogP) is 2.39. The number of rotatable bonds is 10. The van der Waals surface area contributed by atoms with Crippen molar-refractivity contribution >= 4 is 11.9 Å². The molecule has 0 saturated heterocycles. The molecular formula is C16H32N2O3. The van der Waals surface area contributed by atoms with Gasteiger partial charge in [0.05, 0.1) is 12.5 Å². The van der Waals surface area contributed by atoms with E-state index < -0.39 is 12.0 Å². The summed E-state index contributed by atoms with van der Waals surface area (Å²) in [5.41, 5.74) is 5.87. The molecule has 0 aromatic carbocycles. The smallest absolute Gasteiger partial charge is 0.305 e. The summed E-state index contributed by atoms with van der Waals surface area (Å²) >= 11 is 0. The summed E-state index contributed by atoms with van der Waals surface area (Å²) in [5.74, 6) is -0.337. The van der Waals surface area contributed by atoms with Crippen LogP contribution >= 0.6 is 0 Å². The Hall–Kier alpha value is -1.10. The van der Waals surface area contributed by atoms with Crippen LogP contribution in [0.25, 0.3) is 0 Å². The second-order valence-corrected chi connectivity index (χ2v) is 6.57. The van der Waals surface area contributed by atoms with Gasteiger partial charge in [0, 0.05) is 6.04 Å². The summed E-state index contributed by atoms with van der Waals surface area (Å²) in [6.45, 7) is 10.2. The topological polar surface area (TPSA) is 92.4 Å². The zero-order valence-corrected chi connectivity index (χ0v) is 14.1. The minimum absolute atomic E-state index is 0.0602. The maximum atomic E-state index is 12.1. The predicted molar refractivity (Wildman–Crippen MR) is 84.8 cm³/mol. The van der Waals surface area contributed by atoms with Gasteiger partial charge in [-0.2, -0.15) is 0 Å². The number of aliphatic carboxylic acids is 1. The molecule has 0 aromatic rings. The summed E-state index contributed by atoms with van der Waals surface area (Å²) in [6, 6.07) is -0.940. The van der Waals surface area contributed by atoms with E-state index in [1.165, 1.54) is 0 Å². The van der Waals surface area contributed by atoms with Gasteiger partial charge in [-0.15, -0.1) is 0 Å². The zero-order valence-electron chi connectivity index (χ0n) is 14.1. The Kier molecular flexibility index (Phi) is 9.26. The van der Waals surface area contributed by atoms with Crippen molar-refractivity contribution in [2.45, 2.75) is 72.4 Å². The number of hydrogen-bond acceptors (Lipinski definition) is 3. The van der Waals surface area contributed by atoms with Gasteiger partial charge >= 0.3 is 5.97 Å². The number of nitrogens with one attached hydrogen (secondary N) is 1. The number of carboxylic acid groups (broad SMARTS) is 1. The molecule has 0 saturated carbocycles. The van der Waals surface area contributed by atoms with Gasteiger partial charge in [-0.05, 0) is 24.2 Å². The molecule has 0 bridgehead atoms. The molecule has 0 fully saturated rings. The summed E-state index contributed by atoms with van der Waals surface area (Å²) in [4.78, 5) is 23.2. The first-order valence-electron chi connectivity index (χ1n) is 7.96. The van der Waals surface area contributed by atoms with Crippen LogP contribution in [0.15, 0.2) is 0 Å². The molecule has 21 heavy (non-hydrogen) atoms. The van der Waals surface area contributed by atoms with Crippen molar-refractivity contribution in [3.05, 3.63) is 0 Å². The Balaban J connectivity index is 4.75. The van der Waals surface area contributed by atoms with Crippen LogP contribution in [0.2, 0.25) is 0 Å². The molecule has 5 nitrogen and oxygen atoms in total. The average molecular weight is 300 g/mol. The average Bonchev–Trinajstić information content (AvgIpc) is 2.35. The normalized spacial score (nSPS) is 17.1. The molecule has 5 heteroatoms. The third kappa shape index (κ3) is 8.05. The number of carbonyl (C=O) groups is 2. The zero-order chi connectivity index (χ0) is 16.6. The number of hydrogen-bond donors (Lipinski definition) is 3. The molecule has 124 valence electrons. The SMILES string of the molecule is CCCC(C)C(C)[C@@H](CC(=O)O)NC(=O)[C@@H](N)CC(C)C. The van der Waals surface area contributed by atoms with Gasteiger partial charge < -0.3 is 16.2 Å². The van der Waals surface area contributed by atoms with Crippen LogP contribution in [0, 0.1) is 17.8 Å². The number of nitrogens with two attached hydrogens (primary N) is 1. The fourth-order valence-electron chi connectivity index (χ4n) is 2.58. The van der Waals surface area contributed by atoms with Crippen molar-refractivity contribution in [1.29, 1.82) is 0 Å². The van der Waals surface area contributed by atoms with Crippen molar-refractivity contribution in [3.8, 4) is 0 Å². The van der Waals surface area contributed by atoms with E-state index in [-0.39, 0.29) is 24.3 Å². The summed E-state index contributed by atoms with van der Waals surface area (Å²) in [7, 11) is 0. The van der Waals surface area contributed by atoms with Crippen LogP contribution in [0.1, 0.15) is 60.3 Å². The summed E-state index contributed by atoms with van der Waals surface area (Å²) < 4.78 is 0. The van der Waals surface area contributed by atoms with Crippen molar-refractivity contribution in [1.82, 2.24) is 5.32 Å². The van der Waals surface area contributed by atoms with Gasteiger partial charge in [0.1, 0.15) is 0 Å². The molecule has 0 aliphatic rings. The molecule has 0 aliphatic carbocycles. The maximum absolute atomic E-state index is 12.1. The Morgan fingerprint density at radius 1 is 1.19 bits per heavy atom. The van der Waals surface area contributed by atoms with Crippen molar-refractivity contribution in [2.24, 2.45) is 23.5 Å². The van der Waals surface area contributed by atoms with Crippen LogP contribution in [0.5, 0.6) is 0 Å². The number of carbonyl (C=O) groups excluding carboxylic acids is 1. The first kappa shape index (κ1) is 19.9. The quantitative estimate of drug-likeness (QED) is 0.577. The summed E-state index contributed by atoms with van der Waals surface area (Å²) in [6.07, 6.45) is 2.61. The van der Waals surface area contributed by atoms with E-state index in [9.17, 15) is 9.59 Å². The molecule has 0 aromatic heterocycles. The molecule has 0 rings (SSSR count). The van der Waals surface area contributed by atoms with Crippen molar-refractivity contribution < 1.29 is 14.7 Å². The Bertz CT molecular complexity index is 331. The highest BCUT2D eigenvalue weighted by molar-refractivity contribution is 5.82. The van der Waals surface area contributed by atoms with Gasteiger partial charge in [-0.25, -0.2) is 0 Å². The van der Waals surface area contributed by atoms with Gasteiger partial charge in [0.2, 0.25) is 5.91 Å². The second kappa shape index (κ2) is 9.77. The minimum atomic E-state index is -0.895. The van der Waals surface area contributed by atoms with E-state index in [1.807, 2.05) is 20.8 Å². The van der Waals surface area contributed by atoms with E-state index in [4.69, 9.17) is 10.8 Å². The van der Waals surface area contributed by atoms with E-state index in [1.54, 1.807) is 0 Å². The molecule has 1 amide bonds. The lowest BCUT2D eigenvalue weighted by Crippen LogP contribution is -2.49. The minimum Gasteiger partial charge on any atom is -0.481 e. The van der Waals surface area contributed by atoms with Crippen LogP contribution in [0.3, 0.4) is 0 Å². The van der Waals surface area contributed by atoms with Crippen molar-refractivity contribution in [3.63, 3.8) is 0 Å². The molecule has 4 atom stereocenters. The lowest BCUT2D eigenvalue weighted by Gasteiger charge is -2.29. The van der Waals surface area contributed by atoms with E-state index in [2.05, 4.69) is 19.2 Å². The van der Waals surface area contributed by atoms with Gasteiger partial charge in [0.15, 0.2) is 0 Å². The van der Waals surface area contributed by atoms with Gasteiger partial charge in [-0.3, -0.25) is 9.59 Å². The lowest BCUT2D eigenvalue weighted by atomic mass is 9.84. The van der Waals surface area contributed by atoms with Gasteiger partial charge in [-0.1, -0.05) is 47.5 Å². The molecule has 0 spiro atoms. The van der Waals surface area contributed by atoms with Crippen LogP contribution in [0.4, 0.5) is 0 Å². The number of carboxylic acids is 1. The largest absolute Gasteiger partial charge is 0.481 e. The second-order valence-electron chi connectivity index (χ2n) is 6.57. The fraction of sp³-hybridized carbons (Fsp3) is 0.875. The fourth-order valence-corrected chi connectivity index (χ4v) is 2.58. The third-order valence-corrected chi connectivity index (χ3v) is 4.06. The van der Waals surface area contributed by atoms with E-state index in [0.717, 1.165) is 12.8 Å². The first-order valence-corrected chi connectivity index (χ1v) is 7.96. The van der Waals surface area contributed by atoms with Crippen LogP contribution < -0.4 is 11.1 Å². The highest BCUT2D eigenvalue weighted by Gasteiger charge is 2.27. The first-order chi connectivity index (χ1) is 9.68. The highest BCUT2D eigenvalue weighted by atomic mass is 16.4. The Morgan fingerprint density at radius 3 is 2.19 bits per heavy atom. The molecule has 0 aliphatic heterocycles. The standard InChI is InChI=1S/C16H32N2O3/c1-6-7-11(4)12(5)14(9-15(19)20)18-16(21)13(17)8-10(2)3/h10-14H,6-9,17H2,1-5H3,(H,18,21)(H,19,20)/t11?,12?,13-,14+/m0/s1. The molecular weight excluding hydrogens is 268 g/mol. The highest BCUT2D eigenvalue weighted by Crippen LogP contribution is 2.22. The lowest BCUT2D eigenvalue weighted by molar-refractivity contribution is -0.138. The Morgan fingerprint density at radius 2 is 1.76 bits per heavy atom.